The molecule has 1 N–H and O–H groups in total. The number of Topliss-reactive ketones (excluding diaryl/α,β-unsaturated/α-hetero) is 1. The molecule has 0 amide bonds. The highest BCUT2D eigenvalue weighted by molar-refractivity contribution is 7.92. The number of ketones is 1. The Bertz CT molecular complexity index is 506. The molecule has 0 saturated carbocycles. The van der Waals surface area contributed by atoms with Crippen molar-refractivity contribution in [3.63, 3.8) is 0 Å². The zero-order chi connectivity index (χ0) is 13.8. The van der Waals surface area contributed by atoms with E-state index in [1.807, 2.05) is 13.8 Å². The van der Waals surface area contributed by atoms with E-state index in [1.165, 1.54) is 0 Å². The average molecular weight is 269 g/mol. The number of nitrogens with one attached hydrogen (secondary N) is 1. The van der Waals surface area contributed by atoms with E-state index >= 15 is 0 Å². The van der Waals surface area contributed by atoms with Crippen LogP contribution in [0.1, 0.15) is 37.6 Å². The Balaban J connectivity index is 2.84. The Kier molecular flexibility index (Phi) is 4.90. The highest BCUT2D eigenvalue weighted by atomic mass is 32.2. The van der Waals surface area contributed by atoms with Crippen molar-refractivity contribution in [2.75, 3.05) is 10.5 Å². The summed E-state index contributed by atoms with van der Waals surface area (Å²) >= 11 is 0. The zero-order valence-corrected chi connectivity index (χ0v) is 11.8. The summed E-state index contributed by atoms with van der Waals surface area (Å²) in [6, 6.07) is 6.54. The minimum absolute atomic E-state index is 0.0109. The lowest BCUT2D eigenvalue weighted by Crippen LogP contribution is -2.15. The summed E-state index contributed by atoms with van der Waals surface area (Å²) in [6.45, 7) is 5.42. The van der Waals surface area contributed by atoms with Gasteiger partial charge in [0.1, 0.15) is 0 Å². The minimum atomic E-state index is -3.26. The van der Waals surface area contributed by atoms with Crippen molar-refractivity contribution in [3.8, 4) is 0 Å². The summed E-state index contributed by atoms with van der Waals surface area (Å²) < 4.78 is 25.2. The van der Waals surface area contributed by atoms with Crippen molar-refractivity contribution in [2.45, 2.75) is 27.2 Å². The molecule has 4 nitrogen and oxygen atoms in total. The molecule has 1 aromatic rings. The molecule has 1 atom stereocenters. The van der Waals surface area contributed by atoms with Crippen molar-refractivity contribution >= 4 is 21.5 Å². The third-order valence-corrected chi connectivity index (χ3v) is 4.19. The molecule has 0 spiro atoms. The van der Waals surface area contributed by atoms with E-state index in [1.54, 1.807) is 31.2 Å². The van der Waals surface area contributed by atoms with E-state index in [4.69, 9.17) is 0 Å². The van der Waals surface area contributed by atoms with Crippen LogP contribution in [0.3, 0.4) is 0 Å². The average Bonchev–Trinajstić information content (AvgIpc) is 2.37. The molecule has 0 heterocycles. The summed E-state index contributed by atoms with van der Waals surface area (Å²) in [6.07, 6.45) is 0.795. The normalized spacial score (nSPS) is 13.1. The van der Waals surface area contributed by atoms with Gasteiger partial charge in [0.05, 0.1) is 5.75 Å². The molecule has 18 heavy (non-hydrogen) atoms. The van der Waals surface area contributed by atoms with Gasteiger partial charge in [0, 0.05) is 17.2 Å². The summed E-state index contributed by atoms with van der Waals surface area (Å²) in [4.78, 5) is 11.9. The van der Waals surface area contributed by atoms with E-state index in [-0.39, 0.29) is 17.5 Å². The SMILES string of the molecule is CCC(C)C(=O)c1ccc(NS(=O)(=O)CC)cc1. The van der Waals surface area contributed by atoms with Crippen LogP contribution in [0.15, 0.2) is 24.3 Å². The Morgan fingerprint density at radius 2 is 1.78 bits per heavy atom. The van der Waals surface area contributed by atoms with E-state index in [9.17, 15) is 13.2 Å². The first kappa shape index (κ1) is 14.7. The number of anilines is 1. The molecular formula is C13H19NO3S. The van der Waals surface area contributed by atoms with Gasteiger partial charge in [-0.1, -0.05) is 13.8 Å². The van der Waals surface area contributed by atoms with Crippen LogP contribution < -0.4 is 4.72 Å². The largest absolute Gasteiger partial charge is 0.294 e. The van der Waals surface area contributed by atoms with Crippen LogP contribution in [0.25, 0.3) is 0 Å². The Labute approximate surface area is 108 Å². The second-order valence-corrected chi connectivity index (χ2v) is 6.27. The molecule has 5 heteroatoms. The smallest absolute Gasteiger partial charge is 0.232 e. The molecule has 0 bridgehead atoms. The van der Waals surface area contributed by atoms with Crippen molar-refractivity contribution in [3.05, 3.63) is 29.8 Å². The Hall–Kier alpha value is -1.36. The van der Waals surface area contributed by atoms with Crippen LogP contribution >= 0.6 is 0 Å². The van der Waals surface area contributed by atoms with Crippen molar-refractivity contribution in [1.82, 2.24) is 0 Å². The second kappa shape index (κ2) is 6.00. The number of hydrogen-bond acceptors (Lipinski definition) is 3. The monoisotopic (exact) mass is 269 g/mol. The van der Waals surface area contributed by atoms with Gasteiger partial charge in [-0.3, -0.25) is 9.52 Å². The number of rotatable bonds is 6. The Morgan fingerprint density at radius 3 is 2.22 bits per heavy atom. The van der Waals surface area contributed by atoms with Crippen LogP contribution in [0, 0.1) is 5.92 Å². The highest BCUT2D eigenvalue weighted by Crippen LogP contribution is 2.16. The lowest BCUT2D eigenvalue weighted by Gasteiger charge is -2.09. The molecule has 0 aromatic heterocycles. The Morgan fingerprint density at radius 1 is 1.22 bits per heavy atom. The quantitative estimate of drug-likeness (QED) is 0.808. The number of hydrogen-bond donors (Lipinski definition) is 1. The maximum atomic E-state index is 11.9. The fourth-order valence-electron chi connectivity index (χ4n) is 1.42. The van der Waals surface area contributed by atoms with Gasteiger partial charge >= 0.3 is 0 Å². The molecule has 0 radical (unpaired) electrons. The van der Waals surface area contributed by atoms with E-state index in [0.29, 0.717) is 11.3 Å². The van der Waals surface area contributed by atoms with Crippen molar-refractivity contribution in [1.29, 1.82) is 0 Å². The van der Waals surface area contributed by atoms with Crippen LogP contribution in [0.5, 0.6) is 0 Å². The molecule has 1 unspecified atom stereocenters. The van der Waals surface area contributed by atoms with Gasteiger partial charge in [0.25, 0.3) is 0 Å². The number of carbonyl (C=O) groups excluding carboxylic acids is 1. The van der Waals surface area contributed by atoms with Crippen LogP contribution in [0.4, 0.5) is 5.69 Å². The maximum Gasteiger partial charge on any atom is 0.232 e. The third kappa shape index (κ3) is 3.84. The van der Waals surface area contributed by atoms with Crippen molar-refractivity contribution in [2.24, 2.45) is 5.92 Å². The molecular weight excluding hydrogens is 250 g/mol. The first-order chi connectivity index (χ1) is 8.39. The number of benzene rings is 1. The molecule has 0 aliphatic heterocycles. The molecule has 1 aromatic carbocycles. The first-order valence-corrected chi connectivity index (χ1v) is 7.69. The molecule has 0 saturated heterocycles. The van der Waals surface area contributed by atoms with Gasteiger partial charge in [-0.2, -0.15) is 0 Å². The molecule has 100 valence electrons. The molecule has 0 fully saturated rings. The molecule has 1 rings (SSSR count). The number of sulfonamides is 1. The maximum absolute atomic E-state index is 11.9. The van der Waals surface area contributed by atoms with Crippen molar-refractivity contribution < 1.29 is 13.2 Å². The summed E-state index contributed by atoms with van der Waals surface area (Å²) in [7, 11) is -3.26. The van der Waals surface area contributed by atoms with Gasteiger partial charge in [-0.15, -0.1) is 0 Å². The van der Waals surface area contributed by atoms with E-state index in [0.717, 1.165) is 6.42 Å². The van der Waals surface area contributed by atoms with Gasteiger partial charge < -0.3 is 0 Å². The summed E-state index contributed by atoms with van der Waals surface area (Å²) in [5.74, 6) is 0.103. The molecule has 0 aliphatic rings. The summed E-state index contributed by atoms with van der Waals surface area (Å²) in [5, 5.41) is 0. The first-order valence-electron chi connectivity index (χ1n) is 6.04. The van der Waals surface area contributed by atoms with E-state index < -0.39 is 10.0 Å². The predicted octanol–water partition coefficient (Wildman–Crippen LogP) is 2.68. The predicted molar refractivity (Wildman–Crippen MR) is 73.3 cm³/mol. The van der Waals surface area contributed by atoms with Crippen LogP contribution in [-0.2, 0) is 10.0 Å². The highest BCUT2D eigenvalue weighted by Gasteiger charge is 2.13. The van der Waals surface area contributed by atoms with Crippen LogP contribution in [-0.4, -0.2) is 20.0 Å². The van der Waals surface area contributed by atoms with Crippen LogP contribution in [0.2, 0.25) is 0 Å². The fourth-order valence-corrected chi connectivity index (χ4v) is 2.06. The van der Waals surface area contributed by atoms with Gasteiger partial charge in [-0.25, -0.2) is 8.42 Å². The molecule has 0 aliphatic carbocycles. The van der Waals surface area contributed by atoms with E-state index in [2.05, 4.69) is 4.72 Å². The standard InChI is InChI=1S/C13H19NO3S/c1-4-10(3)13(15)11-6-8-12(9-7-11)14-18(16,17)5-2/h6-10,14H,4-5H2,1-3H3. The van der Waals surface area contributed by atoms with Gasteiger partial charge in [-0.05, 0) is 37.6 Å². The lowest BCUT2D eigenvalue weighted by atomic mass is 9.97. The lowest BCUT2D eigenvalue weighted by molar-refractivity contribution is 0.0927. The third-order valence-electron chi connectivity index (χ3n) is 2.88. The zero-order valence-electron chi connectivity index (χ0n) is 10.9. The minimum Gasteiger partial charge on any atom is -0.294 e. The summed E-state index contributed by atoms with van der Waals surface area (Å²) in [5.41, 5.74) is 1.10. The second-order valence-electron chi connectivity index (χ2n) is 4.26. The van der Waals surface area contributed by atoms with Gasteiger partial charge in [0.15, 0.2) is 5.78 Å². The number of carbonyl (C=O) groups is 1. The van der Waals surface area contributed by atoms with Gasteiger partial charge in [0.2, 0.25) is 10.0 Å². The topological polar surface area (TPSA) is 63.2 Å². The fraction of sp³-hybridized carbons (Fsp3) is 0.462.